The van der Waals surface area contributed by atoms with Crippen molar-refractivity contribution in [3.63, 3.8) is 0 Å². The maximum atomic E-state index is 11.6. The lowest BCUT2D eigenvalue weighted by Gasteiger charge is -2.02. The summed E-state index contributed by atoms with van der Waals surface area (Å²) >= 11 is 3.25. The molecule has 0 unspecified atom stereocenters. The molecule has 4 heteroatoms. The lowest BCUT2D eigenvalue weighted by Crippen LogP contribution is -2.01. The van der Waals surface area contributed by atoms with Gasteiger partial charge in [0, 0.05) is 12.1 Å². The lowest BCUT2D eigenvalue weighted by molar-refractivity contribution is 0.414. The number of alkyl halides is 1. The second-order valence-electron chi connectivity index (χ2n) is 3.07. The van der Waals surface area contributed by atoms with E-state index < -0.39 is 0 Å². The highest BCUT2D eigenvalue weighted by molar-refractivity contribution is 9.08. The first kappa shape index (κ1) is 10.2. The van der Waals surface area contributed by atoms with E-state index in [1.54, 1.807) is 25.3 Å². The van der Waals surface area contributed by atoms with Gasteiger partial charge in [0.2, 0.25) is 0 Å². The molecule has 3 nitrogen and oxygen atoms in total. The second-order valence-corrected chi connectivity index (χ2v) is 3.63. The zero-order valence-corrected chi connectivity index (χ0v) is 9.71. The normalized spacial score (nSPS) is 10.5. The molecule has 1 aromatic carbocycles. The van der Waals surface area contributed by atoms with Crippen molar-refractivity contribution in [2.75, 3.05) is 7.11 Å². The van der Waals surface area contributed by atoms with Gasteiger partial charge in [-0.3, -0.25) is 4.79 Å². The van der Waals surface area contributed by atoms with Crippen LogP contribution in [0.5, 0.6) is 5.75 Å². The van der Waals surface area contributed by atoms with Gasteiger partial charge in [0.05, 0.1) is 17.8 Å². The average molecular weight is 269 g/mol. The Morgan fingerprint density at radius 3 is 2.87 bits per heavy atom. The van der Waals surface area contributed by atoms with Crippen LogP contribution in [0.1, 0.15) is 5.76 Å². The molecule has 1 aromatic heterocycles. The van der Waals surface area contributed by atoms with Gasteiger partial charge in [-0.1, -0.05) is 15.9 Å². The molecular formula is C11H9BrO3. The van der Waals surface area contributed by atoms with Gasteiger partial charge in [-0.15, -0.1) is 0 Å². The van der Waals surface area contributed by atoms with E-state index in [-0.39, 0.29) is 5.43 Å². The summed E-state index contributed by atoms with van der Waals surface area (Å²) in [6.45, 7) is 0. The third-order valence-electron chi connectivity index (χ3n) is 2.12. The smallest absolute Gasteiger partial charge is 0.192 e. The molecule has 1 heterocycles. The van der Waals surface area contributed by atoms with E-state index in [2.05, 4.69) is 15.9 Å². The highest BCUT2D eigenvalue weighted by Gasteiger charge is 2.04. The van der Waals surface area contributed by atoms with Crippen molar-refractivity contribution in [3.05, 3.63) is 40.2 Å². The fraction of sp³-hybridized carbons (Fsp3) is 0.182. The minimum absolute atomic E-state index is 0.0339. The van der Waals surface area contributed by atoms with Crippen molar-refractivity contribution in [3.8, 4) is 5.75 Å². The van der Waals surface area contributed by atoms with Gasteiger partial charge in [-0.05, 0) is 12.1 Å². The molecule has 2 rings (SSSR count). The third kappa shape index (κ3) is 1.90. The monoisotopic (exact) mass is 268 g/mol. The Morgan fingerprint density at radius 1 is 1.40 bits per heavy atom. The van der Waals surface area contributed by atoms with Gasteiger partial charge in [0.1, 0.15) is 17.1 Å². The molecule has 15 heavy (non-hydrogen) atoms. The van der Waals surface area contributed by atoms with Crippen LogP contribution < -0.4 is 10.2 Å². The van der Waals surface area contributed by atoms with Crippen molar-refractivity contribution in [2.24, 2.45) is 0 Å². The Labute approximate surface area is 94.8 Å². The van der Waals surface area contributed by atoms with Crippen LogP contribution in [0.3, 0.4) is 0 Å². The van der Waals surface area contributed by atoms with Crippen LogP contribution >= 0.6 is 15.9 Å². The number of ether oxygens (including phenoxy) is 1. The SMILES string of the molecule is COc1ccc2c(=O)cc(CBr)oc2c1. The van der Waals surface area contributed by atoms with Crippen LogP contribution in [0.25, 0.3) is 11.0 Å². The van der Waals surface area contributed by atoms with E-state index in [4.69, 9.17) is 9.15 Å². The number of hydrogen-bond acceptors (Lipinski definition) is 3. The molecule has 78 valence electrons. The fourth-order valence-corrected chi connectivity index (χ4v) is 1.65. The van der Waals surface area contributed by atoms with Crippen LogP contribution in [-0.2, 0) is 5.33 Å². The molecule has 0 fully saturated rings. The highest BCUT2D eigenvalue weighted by atomic mass is 79.9. The number of benzene rings is 1. The minimum atomic E-state index is -0.0339. The standard InChI is InChI=1S/C11H9BrO3/c1-14-7-2-3-9-10(13)4-8(6-12)15-11(9)5-7/h2-5H,6H2,1H3. The predicted molar refractivity (Wildman–Crippen MR) is 61.7 cm³/mol. The van der Waals surface area contributed by atoms with Gasteiger partial charge < -0.3 is 9.15 Å². The van der Waals surface area contributed by atoms with E-state index >= 15 is 0 Å². The van der Waals surface area contributed by atoms with Crippen LogP contribution in [0.15, 0.2) is 33.5 Å². The van der Waals surface area contributed by atoms with Gasteiger partial charge in [0.25, 0.3) is 0 Å². The predicted octanol–water partition coefficient (Wildman–Crippen LogP) is 2.70. The molecule has 2 aromatic rings. The van der Waals surface area contributed by atoms with Crippen LogP contribution in [0.4, 0.5) is 0 Å². The first-order valence-corrected chi connectivity index (χ1v) is 5.53. The number of fused-ring (bicyclic) bond motifs is 1. The molecule has 0 aliphatic heterocycles. The summed E-state index contributed by atoms with van der Waals surface area (Å²) in [5.74, 6) is 1.29. The van der Waals surface area contributed by atoms with Crippen molar-refractivity contribution < 1.29 is 9.15 Å². The second kappa shape index (κ2) is 4.06. The fourth-order valence-electron chi connectivity index (χ4n) is 1.38. The Hall–Kier alpha value is -1.29. The molecule has 0 N–H and O–H groups in total. The first-order valence-electron chi connectivity index (χ1n) is 4.41. The van der Waals surface area contributed by atoms with Gasteiger partial charge in [-0.25, -0.2) is 0 Å². The van der Waals surface area contributed by atoms with E-state index in [0.29, 0.717) is 27.8 Å². The summed E-state index contributed by atoms with van der Waals surface area (Å²) < 4.78 is 10.6. The van der Waals surface area contributed by atoms with Crippen molar-refractivity contribution >= 4 is 26.9 Å². The minimum Gasteiger partial charge on any atom is -0.497 e. The summed E-state index contributed by atoms with van der Waals surface area (Å²) in [6, 6.07) is 6.65. The van der Waals surface area contributed by atoms with E-state index in [1.807, 2.05) is 0 Å². The Balaban J connectivity index is 2.75. The maximum Gasteiger partial charge on any atom is 0.192 e. The van der Waals surface area contributed by atoms with Crippen molar-refractivity contribution in [2.45, 2.75) is 5.33 Å². The quantitative estimate of drug-likeness (QED) is 0.787. The molecule has 0 spiro atoms. The molecule has 0 aliphatic rings. The molecule has 0 saturated heterocycles. The van der Waals surface area contributed by atoms with Gasteiger partial charge >= 0.3 is 0 Å². The van der Waals surface area contributed by atoms with Crippen LogP contribution in [0.2, 0.25) is 0 Å². The summed E-state index contributed by atoms with van der Waals surface area (Å²) in [5.41, 5.74) is 0.518. The molecule has 0 bridgehead atoms. The number of halogens is 1. The third-order valence-corrected chi connectivity index (χ3v) is 2.67. The van der Waals surface area contributed by atoms with E-state index in [9.17, 15) is 4.79 Å². The zero-order valence-electron chi connectivity index (χ0n) is 8.12. The molecule has 0 amide bonds. The molecule has 0 radical (unpaired) electrons. The Morgan fingerprint density at radius 2 is 2.20 bits per heavy atom. The average Bonchev–Trinajstić information content (AvgIpc) is 2.28. The topological polar surface area (TPSA) is 39.4 Å². The van der Waals surface area contributed by atoms with E-state index in [1.165, 1.54) is 6.07 Å². The summed E-state index contributed by atoms with van der Waals surface area (Å²) in [5, 5.41) is 1.09. The van der Waals surface area contributed by atoms with Crippen molar-refractivity contribution in [1.82, 2.24) is 0 Å². The molecular weight excluding hydrogens is 260 g/mol. The first-order chi connectivity index (χ1) is 7.24. The molecule has 0 saturated carbocycles. The molecule has 0 atom stereocenters. The largest absolute Gasteiger partial charge is 0.497 e. The van der Waals surface area contributed by atoms with Crippen molar-refractivity contribution in [1.29, 1.82) is 0 Å². The maximum absolute atomic E-state index is 11.6. The van der Waals surface area contributed by atoms with Gasteiger partial charge in [-0.2, -0.15) is 0 Å². The van der Waals surface area contributed by atoms with Crippen LogP contribution in [-0.4, -0.2) is 7.11 Å². The number of hydrogen-bond donors (Lipinski definition) is 0. The zero-order chi connectivity index (χ0) is 10.8. The lowest BCUT2D eigenvalue weighted by atomic mass is 10.2. The summed E-state index contributed by atoms with van der Waals surface area (Å²) in [4.78, 5) is 11.6. The number of rotatable bonds is 2. The highest BCUT2D eigenvalue weighted by Crippen LogP contribution is 2.19. The Kier molecular flexibility index (Phi) is 2.77. The van der Waals surface area contributed by atoms with Crippen LogP contribution in [0, 0.1) is 0 Å². The van der Waals surface area contributed by atoms with Gasteiger partial charge in [0.15, 0.2) is 5.43 Å². The Bertz CT molecular complexity index is 540. The number of methoxy groups -OCH3 is 1. The summed E-state index contributed by atoms with van der Waals surface area (Å²) in [7, 11) is 1.58. The van der Waals surface area contributed by atoms with E-state index in [0.717, 1.165) is 0 Å². The summed E-state index contributed by atoms with van der Waals surface area (Å²) in [6.07, 6.45) is 0. The molecule has 0 aliphatic carbocycles.